The van der Waals surface area contributed by atoms with Crippen molar-refractivity contribution in [2.45, 2.75) is 6.54 Å². The van der Waals surface area contributed by atoms with Crippen molar-refractivity contribution in [3.05, 3.63) is 86.7 Å². The lowest BCUT2D eigenvalue weighted by Crippen LogP contribution is -2.29. The van der Waals surface area contributed by atoms with Crippen LogP contribution in [0.3, 0.4) is 0 Å². The van der Waals surface area contributed by atoms with E-state index in [1.54, 1.807) is 40.4 Å². The third-order valence-electron chi connectivity index (χ3n) is 4.24. The summed E-state index contributed by atoms with van der Waals surface area (Å²) in [6, 6.07) is 10.4. The van der Waals surface area contributed by atoms with Crippen LogP contribution in [0.4, 0.5) is 4.39 Å². The number of pyridine rings is 2. The molecule has 0 bridgehead atoms. The fourth-order valence-corrected chi connectivity index (χ4v) is 3.55. The molecule has 8 heteroatoms. The van der Waals surface area contributed by atoms with Crippen molar-refractivity contribution in [3.8, 4) is 11.4 Å². The molecule has 1 amide bonds. The van der Waals surface area contributed by atoms with Crippen LogP contribution in [0.15, 0.2) is 65.0 Å². The van der Waals surface area contributed by atoms with E-state index in [1.807, 2.05) is 0 Å². The Kier molecular flexibility index (Phi) is 4.62. The molecule has 4 rings (SSSR count). The molecule has 0 aliphatic rings. The Labute approximate surface area is 162 Å². The number of carbonyl (C=O) groups is 1. The summed E-state index contributed by atoms with van der Waals surface area (Å²) < 4.78 is 14.9. The summed E-state index contributed by atoms with van der Waals surface area (Å²) >= 11 is 1.30. The van der Waals surface area contributed by atoms with Crippen molar-refractivity contribution in [2.75, 3.05) is 0 Å². The quantitative estimate of drug-likeness (QED) is 0.556. The van der Waals surface area contributed by atoms with Crippen LogP contribution in [0.5, 0.6) is 5.75 Å². The van der Waals surface area contributed by atoms with Crippen molar-refractivity contribution < 1.29 is 14.3 Å². The van der Waals surface area contributed by atoms with Gasteiger partial charge in [0.2, 0.25) is 5.43 Å². The summed E-state index contributed by atoms with van der Waals surface area (Å²) in [6.07, 6.45) is 2.94. The van der Waals surface area contributed by atoms with Crippen molar-refractivity contribution in [1.29, 1.82) is 0 Å². The molecular formula is C20H14FN3O3S. The maximum absolute atomic E-state index is 13.3. The molecule has 0 atom stereocenters. The van der Waals surface area contributed by atoms with Gasteiger partial charge in [-0.05, 0) is 47.8 Å². The SMILES string of the molecule is O=C(NCc1sccc1O)c1cn(-c2ccc(F)cc2)c2ncccc2c1=O. The van der Waals surface area contributed by atoms with Gasteiger partial charge in [0.25, 0.3) is 5.91 Å². The van der Waals surface area contributed by atoms with Gasteiger partial charge in [-0.15, -0.1) is 11.3 Å². The summed E-state index contributed by atoms with van der Waals surface area (Å²) in [5.41, 5.74) is 0.414. The van der Waals surface area contributed by atoms with Crippen molar-refractivity contribution >= 4 is 28.3 Å². The largest absolute Gasteiger partial charge is 0.507 e. The molecule has 0 fully saturated rings. The lowest BCUT2D eigenvalue weighted by atomic mass is 10.1. The number of rotatable bonds is 4. The number of nitrogens with one attached hydrogen (secondary N) is 1. The zero-order valence-electron chi connectivity index (χ0n) is 14.4. The van der Waals surface area contributed by atoms with Crippen LogP contribution in [0.2, 0.25) is 0 Å². The molecule has 6 nitrogen and oxygen atoms in total. The first-order chi connectivity index (χ1) is 13.5. The van der Waals surface area contributed by atoms with Crippen LogP contribution in [-0.4, -0.2) is 20.6 Å². The smallest absolute Gasteiger partial charge is 0.257 e. The molecule has 0 saturated heterocycles. The van der Waals surface area contributed by atoms with Gasteiger partial charge in [-0.1, -0.05) is 0 Å². The number of fused-ring (bicyclic) bond motifs is 1. The third kappa shape index (κ3) is 3.25. The van der Waals surface area contributed by atoms with E-state index in [9.17, 15) is 19.1 Å². The Morgan fingerprint density at radius 3 is 2.71 bits per heavy atom. The average Bonchev–Trinajstić information content (AvgIpc) is 3.12. The first-order valence-electron chi connectivity index (χ1n) is 8.34. The number of aromatic hydroxyl groups is 1. The number of aromatic nitrogens is 2. The Hall–Kier alpha value is -3.52. The van der Waals surface area contributed by atoms with E-state index in [0.717, 1.165) is 0 Å². The Bertz CT molecular complexity index is 1230. The first kappa shape index (κ1) is 17.9. The molecule has 1 aromatic carbocycles. The van der Waals surface area contributed by atoms with E-state index in [-0.39, 0.29) is 23.2 Å². The first-order valence-corrected chi connectivity index (χ1v) is 9.22. The molecule has 28 heavy (non-hydrogen) atoms. The topological polar surface area (TPSA) is 84.2 Å². The second-order valence-corrected chi connectivity index (χ2v) is 7.01. The van der Waals surface area contributed by atoms with Crippen molar-refractivity contribution in [2.24, 2.45) is 0 Å². The zero-order chi connectivity index (χ0) is 19.7. The van der Waals surface area contributed by atoms with E-state index in [2.05, 4.69) is 10.3 Å². The minimum absolute atomic E-state index is 0.0686. The molecular weight excluding hydrogens is 381 g/mol. The highest BCUT2D eigenvalue weighted by Crippen LogP contribution is 2.22. The number of hydrogen-bond donors (Lipinski definition) is 2. The van der Waals surface area contributed by atoms with Gasteiger partial charge < -0.3 is 15.0 Å². The van der Waals surface area contributed by atoms with E-state index in [0.29, 0.717) is 16.2 Å². The minimum Gasteiger partial charge on any atom is -0.507 e. The van der Waals surface area contributed by atoms with Gasteiger partial charge in [0.1, 0.15) is 22.8 Å². The van der Waals surface area contributed by atoms with Gasteiger partial charge in [0.15, 0.2) is 0 Å². The molecule has 140 valence electrons. The fraction of sp³-hybridized carbons (Fsp3) is 0.0500. The summed E-state index contributed by atoms with van der Waals surface area (Å²) in [6.45, 7) is 0.101. The van der Waals surface area contributed by atoms with Gasteiger partial charge in [-0.25, -0.2) is 9.37 Å². The highest BCUT2D eigenvalue weighted by molar-refractivity contribution is 7.10. The van der Waals surface area contributed by atoms with Gasteiger partial charge in [0.05, 0.1) is 16.8 Å². The highest BCUT2D eigenvalue weighted by Gasteiger charge is 2.17. The van der Waals surface area contributed by atoms with Crippen molar-refractivity contribution in [3.63, 3.8) is 0 Å². The van der Waals surface area contributed by atoms with Gasteiger partial charge >= 0.3 is 0 Å². The highest BCUT2D eigenvalue weighted by atomic mass is 32.1. The second-order valence-electron chi connectivity index (χ2n) is 6.00. The standard InChI is InChI=1S/C20H14FN3O3S/c21-12-3-5-13(6-4-12)24-11-15(18(26)14-2-1-8-22-19(14)24)20(27)23-10-17-16(25)7-9-28-17/h1-9,11,25H,10H2,(H,23,27). The normalized spacial score (nSPS) is 10.9. The second kappa shape index (κ2) is 7.24. The number of halogens is 1. The maximum Gasteiger partial charge on any atom is 0.257 e. The molecule has 0 saturated carbocycles. The lowest BCUT2D eigenvalue weighted by Gasteiger charge is -2.13. The number of carbonyl (C=O) groups excluding carboxylic acids is 1. The van der Waals surface area contributed by atoms with Crippen LogP contribution in [0.1, 0.15) is 15.2 Å². The van der Waals surface area contributed by atoms with Crippen molar-refractivity contribution in [1.82, 2.24) is 14.9 Å². The molecule has 2 N–H and O–H groups in total. The maximum atomic E-state index is 13.3. The van der Waals surface area contributed by atoms with Crippen LogP contribution >= 0.6 is 11.3 Å². The molecule has 0 aliphatic carbocycles. The Balaban J connectivity index is 1.79. The minimum atomic E-state index is -0.570. The lowest BCUT2D eigenvalue weighted by molar-refractivity contribution is 0.0949. The van der Waals surface area contributed by atoms with Gasteiger partial charge in [0, 0.05) is 18.1 Å². The molecule has 3 aromatic heterocycles. The summed E-state index contributed by atoms with van der Waals surface area (Å²) in [7, 11) is 0. The molecule has 3 heterocycles. The number of hydrogen-bond acceptors (Lipinski definition) is 5. The predicted molar refractivity (Wildman–Crippen MR) is 104 cm³/mol. The average molecular weight is 395 g/mol. The zero-order valence-corrected chi connectivity index (χ0v) is 15.2. The van der Waals surface area contributed by atoms with Crippen LogP contribution in [0.25, 0.3) is 16.7 Å². The number of nitrogens with zero attached hydrogens (tertiary/aromatic N) is 2. The predicted octanol–water partition coefficient (Wildman–Crippen LogP) is 3.22. The van der Waals surface area contributed by atoms with E-state index in [1.165, 1.54) is 35.7 Å². The molecule has 0 aliphatic heterocycles. The number of benzene rings is 1. The molecule has 0 radical (unpaired) electrons. The summed E-state index contributed by atoms with van der Waals surface area (Å²) in [5.74, 6) is -0.869. The van der Waals surface area contributed by atoms with Gasteiger partial charge in [-0.2, -0.15) is 0 Å². The summed E-state index contributed by atoms with van der Waals surface area (Å²) in [5, 5.41) is 14.3. The fourth-order valence-electron chi connectivity index (χ4n) is 2.84. The Morgan fingerprint density at radius 1 is 1.21 bits per heavy atom. The van der Waals surface area contributed by atoms with Gasteiger partial charge in [-0.3, -0.25) is 9.59 Å². The number of thiophene rings is 1. The Morgan fingerprint density at radius 2 is 2.00 bits per heavy atom. The number of amides is 1. The third-order valence-corrected chi connectivity index (χ3v) is 5.15. The van der Waals surface area contributed by atoms with E-state index >= 15 is 0 Å². The van der Waals surface area contributed by atoms with Crippen LogP contribution < -0.4 is 10.7 Å². The molecule has 0 unspecified atom stereocenters. The summed E-state index contributed by atoms with van der Waals surface area (Å²) in [4.78, 5) is 30.3. The monoisotopic (exact) mass is 395 g/mol. The van der Waals surface area contributed by atoms with Crippen LogP contribution in [-0.2, 0) is 6.54 Å². The van der Waals surface area contributed by atoms with E-state index in [4.69, 9.17) is 0 Å². The molecule has 4 aromatic rings. The molecule has 0 spiro atoms. The van der Waals surface area contributed by atoms with Crippen LogP contribution in [0, 0.1) is 5.82 Å². The van der Waals surface area contributed by atoms with E-state index < -0.39 is 17.2 Å².